The van der Waals surface area contributed by atoms with Crippen molar-refractivity contribution in [2.24, 2.45) is 0 Å². The van der Waals surface area contributed by atoms with Crippen LogP contribution in [0.15, 0.2) is 277 Å². The lowest BCUT2D eigenvalue weighted by Gasteiger charge is -2.49. The fourth-order valence-corrected chi connectivity index (χ4v) is 12.9. The number of allylic oxidation sites excluding steroid dienone is 9. The molecule has 13 rings (SSSR count). The highest BCUT2D eigenvalue weighted by Gasteiger charge is 2.59. The van der Waals surface area contributed by atoms with Crippen LogP contribution < -0.4 is 0 Å². The smallest absolute Gasteiger partial charge is 0.0782 e. The molecule has 2 heterocycles. The van der Waals surface area contributed by atoms with Gasteiger partial charge in [-0.15, -0.1) is 11.8 Å². The molecular formula is C67H45NS. The minimum Gasteiger partial charge on any atom is -0.248 e. The first kappa shape index (κ1) is 40.9. The van der Waals surface area contributed by atoms with E-state index in [1.165, 1.54) is 77.2 Å². The molecule has 0 bridgehead atoms. The van der Waals surface area contributed by atoms with Crippen LogP contribution in [0.5, 0.6) is 0 Å². The van der Waals surface area contributed by atoms with Gasteiger partial charge in [-0.25, -0.2) is 4.98 Å². The Kier molecular flexibility index (Phi) is 9.61. The van der Waals surface area contributed by atoms with Crippen LogP contribution in [0.25, 0.3) is 61.5 Å². The van der Waals surface area contributed by atoms with Crippen molar-refractivity contribution in [3.8, 4) is 55.9 Å². The van der Waals surface area contributed by atoms with Crippen molar-refractivity contribution in [1.29, 1.82) is 0 Å². The molecule has 3 aliphatic carbocycles. The normalized spacial score (nSPS) is 16.9. The molecule has 1 nitrogen and oxygen atoms in total. The average Bonchev–Trinajstić information content (AvgIpc) is 3.86. The monoisotopic (exact) mass is 895 g/mol. The van der Waals surface area contributed by atoms with Gasteiger partial charge in [0.15, 0.2) is 0 Å². The highest BCUT2D eigenvalue weighted by molar-refractivity contribution is 8.06. The lowest BCUT2D eigenvalue weighted by Crippen LogP contribution is -2.43. The van der Waals surface area contributed by atoms with Gasteiger partial charge in [0.2, 0.25) is 0 Å². The van der Waals surface area contributed by atoms with Crippen molar-refractivity contribution in [3.63, 3.8) is 0 Å². The van der Waals surface area contributed by atoms with E-state index in [1.54, 1.807) is 0 Å². The molecule has 0 saturated carbocycles. The number of rotatable bonds is 4. The summed E-state index contributed by atoms with van der Waals surface area (Å²) in [6.45, 7) is 8.89. The molecule has 8 aromatic carbocycles. The Hall–Kier alpha value is -8.30. The summed E-state index contributed by atoms with van der Waals surface area (Å²) >= 11 is 1.82. The zero-order valence-electron chi connectivity index (χ0n) is 37.9. The Bertz CT molecular complexity index is 3620. The molecule has 0 N–H and O–H groups in total. The number of hydrogen-bond acceptors (Lipinski definition) is 2. The average molecular weight is 896 g/mol. The van der Waals surface area contributed by atoms with Gasteiger partial charge in [-0.2, -0.15) is 0 Å². The minimum atomic E-state index is -0.650. The standard InChI is InChI=1S/C67H45NS/c1-44-19-17-18-40-69-65-54(38-32-45(44)2)55-41-50(51-42-63(48-22-7-4-8-23-48)68-64(43-51)49-35-33-47(34-36-49)46-20-5-3-6-21-46)37-39-58(55)67(65)61-30-15-13-28-59(61)66(60-29-14-16-31-62(60)67)56-26-11-9-24-52(56)53-25-10-12-27-57(53)66/h3-43H,1-2H2/b19-17-,38-32-,40-18-. The molecule has 0 unspecified atom stereocenters. The maximum Gasteiger partial charge on any atom is 0.0782 e. The van der Waals surface area contributed by atoms with Crippen molar-refractivity contribution >= 4 is 17.3 Å². The predicted molar refractivity (Wildman–Crippen MR) is 290 cm³/mol. The van der Waals surface area contributed by atoms with Gasteiger partial charge >= 0.3 is 0 Å². The summed E-state index contributed by atoms with van der Waals surface area (Å²) < 4.78 is 0. The number of nitrogens with zero attached hydrogens (tertiary/aromatic N) is 1. The first-order valence-electron chi connectivity index (χ1n) is 23.6. The number of aromatic nitrogens is 1. The van der Waals surface area contributed by atoms with E-state index < -0.39 is 10.8 Å². The van der Waals surface area contributed by atoms with Gasteiger partial charge in [-0.3, -0.25) is 0 Å². The van der Waals surface area contributed by atoms with Gasteiger partial charge in [-0.1, -0.05) is 238 Å². The Morgan fingerprint density at radius 3 is 1.39 bits per heavy atom. The fourth-order valence-electron chi connectivity index (χ4n) is 11.7. The number of pyridine rings is 1. The Morgan fingerprint density at radius 2 is 0.783 bits per heavy atom. The summed E-state index contributed by atoms with van der Waals surface area (Å²) in [5.41, 5.74) is 23.3. The number of hydrogen-bond donors (Lipinski definition) is 0. The molecule has 2 spiro atoms. The Morgan fingerprint density at radius 1 is 0.333 bits per heavy atom. The van der Waals surface area contributed by atoms with E-state index in [2.05, 4.69) is 255 Å². The van der Waals surface area contributed by atoms with Gasteiger partial charge in [-0.05, 0) is 118 Å². The topological polar surface area (TPSA) is 12.9 Å². The third-order valence-electron chi connectivity index (χ3n) is 14.8. The van der Waals surface area contributed by atoms with Crippen molar-refractivity contribution in [2.45, 2.75) is 10.8 Å². The van der Waals surface area contributed by atoms with E-state index in [1.807, 2.05) is 17.8 Å². The van der Waals surface area contributed by atoms with Gasteiger partial charge in [0.05, 0.1) is 22.2 Å². The van der Waals surface area contributed by atoms with Crippen molar-refractivity contribution in [2.75, 3.05) is 0 Å². The first-order chi connectivity index (χ1) is 34.0. The zero-order valence-corrected chi connectivity index (χ0v) is 38.8. The van der Waals surface area contributed by atoms with Gasteiger partial charge in [0, 0.05) is 16.0 Å². The van der Waals surface area contributed by atoms with E-state index in [9.17, 15) is 0 Å². The highest BCUT2D eigenvalue weighted by atomic mass is 32.2. The fraction of sp³-hybridized carbons (Fsp3) is 0.0299. The lowest BCUT2D eigenvalue weighted by atomic mass is 9.53. The predicted octanol–water partition coefficient (Wildman–Crippen LogP) is 17.0. The molecule has 1 aliphatic heterocycles. The van der Waals surface area contributed by atoms with Gasteiger partial charge in [0.25, 0.3) is 0 Å². The van der Waals surface area contributed by atoms with Crippen LogP contribution in [0.2, 0.25) is 0 Å². The van der Waals surface area contributed by atoms with Crippen LogP contribution in [0.3, 0.4) is 0 Å². The summed E-state index contributed by atoms with van der Waals surface area (Å²) in [6, 6.07) is 78.4. The highest BCUT2D eigenvalue weighted by Crippen LogP contribution is 2.68. The van der Waals surface area contributed by atoms with Crippen LogP contribution in [-0.2, 0) is 10.8 Å². The second-order valence-electron chi connectivity index (χ2n) is 18.3. The summed E-state index contributed by atoms with van der Waals surface area (Å²) in [7, 11) is 0. The van der Waals surface area contributed by atoms with Crippen LogP contribution in [0.1, 0.15) is 44.5 Å². The summed E-state index contributed by atoms with van der Waals surface area (Å²) in [4.78, 5) is 6.60. The van der Waals surface area contributed by atoms with Crippen LogP contribution in [0, 0.1) is 0 Å². The number of benzene rings is 8. The van der Waals surface area contributed by atoms with E-state index in [-0.39, 0.29) is 0 Å². The molecule has 324 valence electrons. The zero-order chi connectivity index (χ0) is 46.1. The van der Waals surface area contributed by atoms with Crippen LogP contribution in [0.4, 0.5) is 0 Å². The maximum absolute atomic E-state index is 5.34. The summed E-state index contributed by atoms with van der Waals surface area (Å²) in [5.74, 6) is 0. The molecule has 0 radical (unpaired) electrons. The molecule has 69 heavy (non-hydrogen) atoms. The molecular weight excluding hydrogens is 851 g/mol. The quantitative estimate of drug-likeness (QED) is 0.175. The Balaban J connectivity index is 1.07. The van der Waals surface area contributed by atoms with Crippen LogP contribution in [-0.4, -0.2) is 4.98 Å². The molecule has 0 amide bonds. The van der Waals surface area contributed by atoms with Crippen molar-refractivity contribution < 1.29 is 0 Å². The summed E-state index contributed by atoms with van der Waals surface area (Å²) in [5, 5.41) is 2.25. The molecule has 0 fully saturated rings. The van der Waals surface area contributed by atoms with E-state index in [0.29, 0.717) is 0 Å². The number of thioether (sulfide) groups is 1. The van der Waals surface area contributed by atoms with Gasteiger partial charge < -0.3 is 0 Å². The third-order valence-corrected chi connectivity index (χ3v) is 15.8. The third kappa shape index (κ3) is 6.16. The lowest BCUT2D eigenvalue weighted by molar-refractivity contribution is 0.638. The number of fused-ring (bicyclic) bond motifs is 15. The molecule has 1 aromatic heterocycles. The second kappa shape index (κ2) is 16.2. The second-order valence-corrected chi connectivity index (χ2v) is 19.2. The minimum absolute atomic E-state index is 0.520. The maximum atomic E-state index is 5.34. The molecule has 4 aliphatic rings. The SMILES string of the molecule is C=C1/C=C\C=C/SC2=C(/C=C\C1=C)c1cc(-c3cc(-c4ccccc4)nc(-c4ccc(-c5ccccc5)cc4)c3)ccc1C21c2ccccc2C2(c3ccccc3-c3ccccc32)c2ccccc21. The molecule has 9 aromatic rings. The van der Waals surface area contributed by atoms with Crippen LogP contribution >= 0.6 is 11.8 Å². The first-order valence-corrected chi connectivity index (χ1v) is 24.5. The molecule has 2 heteroatoms. The van der Waals surface area contributed by atoms with E-state index in [0.717, 1.165) is 44.8 Å². The van der Waals surface area contributed by atoms with E-state index in [4.69, 9.17) is 4.98 Å². The van der Waals surface area contributed by atoms with E-state index >= 15 is 0 Å². The largest absolute Gasteiger partial charge is 0.248 e. The van der Waals surface area contributed by atoms with Crippen molar-refractivity contribution in [3.05, 3.63) is 322 Å². The molecule has 0 saturated heterocycles. The van der Waals surface area contributed by atoms with Gasteiger partial charge in [0.1, 0.15) is 0 Å². The Labute approximate surface area is 408 Å². The summed E-state index contributed by atoms with van der Waals surface area (Å²) in [6.07, 6.45) is 10.7. The molecule has 0 atom stereocenters. The van der Waals surface area contributed by atoms with Crippen molar-refractivity contribution in [1.82, 2.24) is 4.98 Å².